The van der Waals surface area contributed by atoms with Crippen LogP contribution in [0.15, 0.2) is 0 Å². The molecule has 0 aromatic heterocycles. The summed E-state index contributed by atoms with van der Waals surface area (Å²) in [6, 6.07) is 0.815. The van der Waals surface area contributed by atoms with Crippen molar-refractivity contribution in [3.63, 3.8) is 0 Å². The van der Waals surface area contributed by atoms with Gasteiger partial charge in [-0.3, -0.25) is 0 Å². The first-order valence-corrected chi connectivity index (χ1v) is 7.47. The molecular weight excluding hydrogens is 194 g/mol. The van der Waals surface area contributed by atoms with Crippen LogP contribution in [0.3, 0.4) is 0 Å². The highest BCUT2D eigenvalue weighted by Gasteiger charge is 2.42. The van der Waals surface area contributed by atoms with Crippen LogP contribution in [0.25, 0.3) is 0 Å². The van der Waals surface area contributed by atoms with E-state index in [1.165, 1.54) is 32.1 Å². The van der Waals surface area contributed by atoms with Gasteiger partial charge in [-0.1, -0.05) is 33.6 Å². The lowest BCUT2D eigenvalue weighted by molar-refractivity contribution is 0.221. The molecule has 0 aromatic carbocycles. The molecule has 16 heavy (non-hydrogen) atoms. The van der Waals surface area contributed by atoms with Gasteiger partial charge in [-0.05, 0) is 55.9 Å². The van der Waals surface area contributed by atoms with E-state index in [1.807, 2.05) is 0 Å². The number of hydrogen-bond acceptors (Lipinski definition) is 1. The van der Waals surface area contributed by atoms with Crippen molar-refractivity contribution in [2.24, 2.45) is 23.7 Å². The molecule has 5 atom stereocenters. The lowest BCUT2D eigenvalue weighted by Gasteiger charge is -2.32. The molecule has 2 saturated carbocycles. The first-order valence-electron chi connectivity index (χ1n) is 7.47. The summed E-state index contributed by atoms with van der Waals surface area (Å²) in [5.41, 5.74) is 0. The van der Waals surface area contributed by atoms with Gasteiger partial charge in [0.25, 0.3) is 0 Å². The van der Waals surface area contributed by atoms with Crippen molar-refractivity contribution < 1.29 is 0 Å². The molecule has 0 saturated heterocycles. The highest BCUT2D eigenvalue weighted by Crippen LogP contribution is 2.50. The minimum Gasteiger partial charge on any atom is -0.314 e. The van der Waals surface area contributed by atoms with Gasteiger partial charge in [0.2, 0.25) is 0 Å². The molecule has 0 heterocycles. The number of fused-ring (bicyclic) bond motifs is 2. The standard InChI is InChI=1S/C15H29N/c1-4-11(3)8-15(16-5-2)14-10-12-6-7-13(14)9-12/h11-16H,4-10H2,1-3H3. The Kier molecular flexibility index (Phi) is 4.29. The van der Waals surface area contributed by atoms with Crippen LogP contribution in [0.5, 0.6) is 0 Å². The van der Waals surface area contributed by atoms with Crippen molar-refractivity contribution in [3.8, 4) is 0 Å². The van der Waals surface area contributed by atoms with Crippen molar-refractivity contribution in [1.82, 2.24) is 5.32 Å². The van der Waals surface area contributed by atoms with Crippen molar-refractivity contribution in [2.75, 3.05) is 6.54 Å². The van der Waals surface area contributed by atoms with E-state index in [4.69, 9.17) is 0 Å². The molecule has 94 valence electrons. The van der Waals surface area contributed by atoms with Gasteiger partial charge in [0.05, 0.1) is 0 Å². The minimum absolute atomic E-state index is 0.815. The fourth-order valence-electron chi connectivity index (χ4n) is 4.06. The van der Waals surface area contributed by atoms with Crippen LogP contribution in [-0.4, -0.2) is 12.6 Å². The van der Waals surface area contributed by atoms with Gasteiger partial charge in [0.15, 0.2) is 0 Å². The number of rotatable bonds is 6. The normalized spacial score (nSPS) is 36.6. The second kappa shape index (κ2) is 5.53. The van der Waals surface area contributed by atoms with Crippen molar-refractivity contribution in [1.29, 1.82) is 0 Å². The molecule has 1 nitrogen and oxygen atoms in total. The molecular formula is C15H29N. The third-order valence-electron chi connectivity index (χ3n) is 5.13. The van der Waals surface area contributed by atoms with E-state index in [0.717, 1.165) is 36.3 Å². The second-order valence-electron chi connectivity index (χ2n) is 6.25. The van der Waals surface area contributed by atoms with Gasteiger partial charge in [-0.25, -0.2) is 0 Å². The Morgan fingerprint density at radius 3 is 2.50 bits per heavy atom. The molecule has 2 bridgehead atoms. The first-order chi connectivity index (χ1) is 7.74. The molecule has 5 unspecified atom stereocenters. The summed E-state index contributed by atoms with van der Waals surface area (Å²) in [7, 11) is 0. The lowest BCUT2D eigenvalue weighted by atomic mass is 9.79. The van der Waals surface area contributed by atoms with E-state index < -0.39 is 0 Å². The van der Waals surface area contributed by atoms with Gasteiger partial charge in [-0.2, -0.15) is 0 Å². The molecule has 0 amide bonds. The maximum atomic E-state index is 3.77. The van der Waals surface area contributed by atoms with Gasteiger partial charge < -0.3 is 5.32 Å². The maximum Gasteiger partial charge on any atom is 0.0100 e. The largest absolute Gasteiger partial charge is 0.314 e. The summed E-state index contributed by atoms with van der Waals surface area (Å²) in [4.78, 5) is 0. The summed E-state index contributed by atoms with van der Waals surface area (Å²) in [6.45, 7) is 8.15. The highest BCUT2D eigenvalue weighted by atomic mass is 14.9. The fourth-order valence-corrected chi connectivity index (χ4v) is 4.06. The third kappa shape index (κ3) is 2.61. The Morgan fingerprint density at radius 2 is 2.00 bits per heavy atom. The summed E-state index contributed by atoms with van der Waals surface area (Å²) in [6.07, 6.45) is 8.87. The first kappa shape index (κ1) is 12.4. The molecule has 0 aliphatic heterocycles. The molecule has 1 heteroatoms. The van der Waals surface area contributed by atoms with Crippen LogP contribution < -0.4 is 5.32 Å². The van der Waals surface area contributed by atoms with E-state index in [9.17, 15) is 0 Å². The van der Waals surface area contributed by atoms with Crippen LogP contribution in [0.2, 0.25) is 0 Å². The van der Waals surface area contributed by atoms with Gasteiger partial charge in [0, 0.05) is 6.04 Å². The smallest absolute Gasteiger partial charge is 0.0100 e. The van der Waals surface area contributed by atoms with Gasteiger partial charge in [-0.15, -0.1) is 0 Å². The van der Waals surface area contributed by atoms with E-state index in [1.54, 1.807) is 6.42 Å². The van der Waals surface area contributed by atoms with E-state index >= 15 is 0 Å². The lowest BCUT2D eigenvalue weighted by Crippen LogP contribution is -2.39. The zero-order chi connectivity index (χ0) is 11.5. The molecule has 2 aliphatic carbocycles. The molecule has 2 rings (SSSR count). The van der Waals surface area contributed by atoms with Crippen LogP contribution in [0.1, 0.15) is 59.3 Å². The van der Waals surface area contributed by atoms with E-state index in [0.29, 0.717) is 0 Å². The average Bonchev–Trinajstić information content (AvgIpc) is 2.90. The second-order valence-corrected chi connectivity index (χ2v) is 6.25. The van der Waals surface area contributed by atoms with Gasteiger partial charge >= 0.3 is 0 Å². The molecule has 0 spiro atoms. The Bertz CT molecular complexity index is 213. The average molecular weight is 223 g/mol. The maximum absolute atomic E-state index is 3.77. The number of nitrogens with one attached hydrogen (secondary N) is 1. The topological polar surface area (TPSA) is 12.0 Å². The SMILES string of the molecule is CCNC(CC(C)CC)C1CC2CCC1C2. The Labute approximate surface area is 101 Å². The monoisotopic (exact) mass is 223 g/mol. The summed E-state index contributed by atoms with van der Waals surface area (Å²) < 4.78 is 0. The van der Waals surface area contributed by atoms with E-state index in [2.05, 4.69) is 26.1 Å². The van der Waals surface area contributed by atoms with Crippen LogP contribution in [0, 0.1) is 23.7 Å². The zero-order valence-electron chi connectivity index (χ0n) is 11.3. The van der Waals surface area contributed by atoms with Crippen LogP contribution >= 0.6 is 0 Å². The Morgan fingerprint density at radius 1 is 1.19 bits per heavy atom. The Hall–Kier alpha value is -0.0400. The van der Waals surface area contributed by atoms with E-state index in [-0.39, 0.29) is 0 Å². The summed E-state index contributed by atoms with van der Waals surface area (Å²) >= 11 is 0. The predicted octanol–water partition coefficient (Wildman–Crippen LogP) is 3.84. The Balaban J connectivity index is 1.91. The summed E-state index contributed by atoms with van der Waals surface area (Å²) in [5.74, 6) is 4.06. The highest BCUT2D eigenvalue weighted by molar-refractivity contribution is 4.95. The molecule has 2 aliphatic rings. The summed E-state index contributed by atoms with van der Waals surface area (Å²) in [5, 5.41) is 3.77. The quantitative estimate of drug-likeness (QED) is 0.721. The van der Waals surface area contributed by atoms with Crippen LogP contribution in [-0.2, 0) is 0 Å². The molecule has 0 aromatic rings. The van der Waals surface area contributed by atoms with Crippen LogP contribution in [0.4, 0.5) is 0 Å². The van der Waals surface area contributed by atoms with Crippen molar-refractivity contribution >= 4 is 0 Å². The van der Waals surface area contributed by atoms with Crippen molar-refractivity contribution in [2.45, 2.75) is 65.3 Å². The predicted molar refractivity (Wildman–Crippen MR) is 70.5 cm³/mol. The number of hydrogen-bond donors (Lipinski definition) is 1. The molecule has 2 fully saturated rings. The third-order valence-corrected chi connectivity index (χ3v) is 5.13. The fraction of sp³-hybridized carbons (Fsp3) is 1.00. The molecule has 1 N–H and O–H groups in total. The molecule has 0 radical (unpaired) electrons. The van der Waals surface area contributed by atoms with Gasteiger partial charge in [0.1, 0.15) is 0 Å². The minimum atomic E-state index is 0.815. The van der Waals surface area contributed by atoms with Crippen molar-refractivity contribution in [3.05, 3.63) is 0 Å². The zero-order valence-corrected chi connectivity index (χ0v) is 11.3.